The van der Waals surface area contributed by atoms with E-state index < -0.39 is 21.8 Å². The molecule has 2 N–H and O–H groups in total. The van der Waals surface area contributed by atoms with Crippen molar-refractivity contribution in [3.63, 3.8) is 0 Å². The van der Waals surface area contributed by atoms with Crippen molar-refractivity contribution in [2.24, 2.45) is 23.7 Å². The SMILES string of the molecule is O=C(NCCS(=O)(=O)O)C1C2CC3OC(=O)C1C3C2. The van der Waals surface area contributed by atoms with Gasteiger partial charge in [-0.2, -0.15) is 8.42 Å². The Morgan fingerprint density at radius 1 is 1.42 bits per heavy atom. The Hall–Kier alpha value is -1.15. The number of esters is 1. The highest BCUT2D eigenvalue weighted by molar-refractivity contribution is 7.85. The molecule has 0 aromatic heterocycles. The van der Waals surface area contributed by atoms with Crippen LogP contribution in [0.3, 0.4) is 0 Å². The second kappa shape index (κ2) is 4.17. The fourth-order valence-electron chi connectivity index (χ4n) is 3.78. The van der Waals surface area contributed by atoms with E-state index in [1.165, 1.54) is 0 Å². The lowest BCUT2D eigenvalue weighted by atomic mass is 9.79. The average molecular weight is 289 g/mol. The van der Waals surface area contributed by atoms with E-state index in [1.54, 1.807) is 0 Å². The van der Waals surface area contributed by atoms with Crippen LogP contribution in [-0.4, -0.2) is 43.2 Å². The van der Waals surface area contributed by atoms with E-state index in [9.17, 15) is 18.0 Å². The Kier molecular flexibility index (Phi) is 2.82. The first-order valence-electron chi connectivity index (χ1n) is 6.30. The molecule has 3 aliphatic rings. The summed E-state index contributed by atoms with van der Waals surface area (Å²) >= 11 is 0. The molecule has 1 saturated heterocycles. The van der Waals surface area contributed by atoms with Crippen LogP contribution in [-0.2, 0) is 24.4 Å². The van der Waals surface area contributed by atoms with Crippen LogP contribution >= 0.6 is 0 Å². The third kappa shape index (κ3) is 2.12. The van der Waals surface area contributed by atoms with Gasteiger partial charge in [0.2, 0.25) is 5.91 Å². The van der Waals surface area contributed by atoms with Crippen LogP contribution < -0.4 is 5.32 Å². The Balaban J connectivity index is 1.63. The molecule has 2 saturated carbocycles. The predicted octanol–water partition coefficient (Wildman–Crippen LogP) is -0.812. The van der Waals surface area contributed by atoms with E-state index in [2.05, 4.69) is 5.32 Å². The summed E-state index contributed by atoms with van der Waals surface area (Å²) in [6, 6.07) is 0. The molecule has 19 heavy (non-hydrogen) atoms. The quantitative estimate of drug-likeness (QED) is 0.517. The van der Waals surface area contributed by atoms with E-state index in [0.717, 1.165) is 12.8 Å². The van der Waals surface area contributed by atoms with Crippen molar-refractivity contribution in [3.8, 4) is 0 Å². The number of carbonyl (C=O) groups excluding carboxylic acids is 2. The molecule has 1 amide bonds. The average Bonchev–Trinajstić information content (AvgIpc) is 2.86. The Labute approximate surface area is 110 Å². The maximum Gasteiger partial charge on any atom is 0.310 e. The Morgan fingerprint density at radius 2 is 2.16 bits per heavy atom. The zero-order chi connectivity index (χ0) is 13.8. The second-order valence-corrected chi connectivity index (χ2v) is 7.07. The van der Waals surface area contributed by atoms with Crippen molar-refractivity contribution >= 4 is 22.0 Å². The van der Waals surface area contributed by atoms with Crippen LogP contribution in [0.5, 0.6) is 0 Å². The minimum absolute atomic E-state index is 0.0237. The van der Waals surface area contributed by atoms with Crippen LogP contribution in [0.2, 0.25) is 0 Å². The van der Waals surface area contributed by atoms with Gasteiger partial charge in [0.05, 0.1) is 17.6 Å². The zero-order valence-electron chi connectivity index (χ0n) is 10.1. The number of hydrogen-bond acceptors (Lipinski definition) is 5. The van der Waals surface area contributed by atoms with Crippen molar-refractivity contribution in [2.75, 3.05) is 12.3 Å². The van der Waals surface area contributed by atoms with Gasteiger partial charge in [-0.05, 0) is 18.8 Å². The summed E-state index contributed by atoms with van der Waals surface area (Å²) in [7, 11) is -4.08. The molecule has 3 rings (SSSR count). The van der Waals surface area contributed by atoms with E-state index in [0.29, 0.717) is 0 Å². The van der Waals surface area contributed by atoms with Crippen LogP contribution in [0.15, 0.2) is 0 Å². The summed E-state index contributed by atoms with van der Waals surface area (Å²) < 4.78 is 35.0. The lowest BCUT2D eigenvalue weighted by Crippen LogP contribution is -2.41. The normalized spacial score (nSPS) is 39.4. The predicted molar refractivity (Wildman–Crippen MR) is 62.5 cm³/mol. The van der Waals surface area contributed by atoms with E-state index in [-0.39, 0.29) is 42.3 Å². The molecule has 106 valence electrons. The Morgan fingerprint density at radius 3 is 2.84 bits per heavy atom. The number of fused-ring (bicyclic) bond motifs is 1. The molecular weight excluding hydrogens is 274 g/mol. The highest BCUT2D eigenvalue weighted by Gasteiger charge is 2.63. The molecule has 5 unspecified atom stereocenters. The molecule has 3 fully saturated rings. The fourth-order valence-corrected chi connectivity index (χ4v) is 4.14. The van der Waals surface area contributed by atoms with Crippen molar-refractivity contribution in [2.45, 2.75) is 18.9 Å². The van der Waals surface area contributed by atoms with Crippen LogP contribution in [0.1, 0.15) is 12.8 Å². The van der Waals surface area contributed by atoms with Crippen molar-refractivity contribution in [1.29, 1.82) is 0 Å². The lowest BCUT2D eigenvalue weighted by Gasteiger charge is -2.23. The molecule has 2 bridgehead atoms. The van der Waals surface area contributed by atoms with E-state index in [1.807, 2.05) is 0 Å². The van der Waals surface area contributed by atoms with Gasteiger partial charge in [-0.1, -0.05) is 0 Å². The minimum atomic E-state index is -4.08. The second-order valence-electron chi connectivity index (χ2n) is 5.50. The summed E-state index contributed by atoms with van der Waals surface area (Å²) in [5, 5.41) is 2.48. The molecule has 0 aromatic carbocycles. The van der Waals surface area contributed by atoms with Crippen molar-refractivity contribution < 1.29 is 27.3 Å². The van der Waals surface area contributed by atoms with Gasteiger partial charge in [0.25, 0.3) is 10.1 Å². The summed E-state index contributed by atoms with van der Waals surface area (Å²) in [5.41, 5.74) is 0. The molecule has 8 heteroatoms. The maximum absolute atomic E-state index is 12.1. The first kappa shape index (κ1) is 12.9. The summed E-state index contributed by atoms with van der Waals surface area (Å²) in [4.78, 5) is 23.8. The molecule has 7 nitrogen and oxygen atoms in total. The monoisotopic (exact) mass is 289 g/mol. The van der Waals surface area contributed by atoms with Crippen LogP contribution in [0.25, 0.3) is 0 Å². The van der Waals surface area contributed by atoms with Gasteiger partial charge in [-0.3, -0.25) is 14.1 Å². The zero-order valence-corrected chi connectivity index (χ0v) is 10.9. The largest absolute Gasteiger partial charge is 0.462 e. The molecule has 0 spiro atoms. The molecule has 1 heterocycles. The van der Waals surface area contributed by atoms with Crippen LogP contribution in [0.4, 0.5) is 0 Å². The van der Waals surface area contributed by atoms with Crippen LogP contribution in [0, 0.1) is 23.7 Å². The van der Waals surface area contributed by atoms with Gasteiger partial charge in [-0.15, -0.1) is 0 Å². The van der Waals surface area contributed by atoms with Gasteiger partial charge in [0.15, 0.2) is 0 Å². The molecule has 5 atom stereocenters. The van der Waals surface area contributed by atoms with Gasteiger partial charge in [0, 0.05) is 12.5 Å². The number of carbonyl (C=O) groups is 2. The molecular formula is C11H15NO6S. The van der Waals surface area contributed by atoms with Gasteiger partial charge < -0.3 is 10.1 Å². The smallest absolute Gasteiger partial charge is 0.310 e. The lowest BCUT2D eigenvalue weighted by molar-refractivity contribution is -0.145. The van der Waals surface area contributed by atoms with E-state index in [4.69, 9.17) is 9.29 Å². The van der Waals surface area contributed by atoms with E-state index >= 15 is 0 Å². The fraction of sp³-hybridized carbons (Fsp3) is 0.818. The highest BCUT2D eigenvalue weighted by atomic mass is 32.2. The summed E-state index contributed by atoms with van der Waals surface area (Å²) in [6.07, 6.45) is 1.53. The molecule has 2 aliphatic carbocycles. The number of hydrogen-bond donors (Lipinski definition) is 2. The van der Waals surface area contributed by atoms with Gasteiger partial charge >= 0.3 is 5.97 Å². The highest BCUT2D eigenvalue weighted by Crippen LogP contribution is 2.57. The van der Waals surface area contributed by atoms with Gasteiger partial charge in [0.1, 0.15) is 6.10 Å². The third-order valence-electron chi connectivity index (χ3n) is 4.45. The number of ether oxygens (including phenoxy) is 1. The first-order chi connectivity index (χ1) is 8.87. The molecule has 1 aliphatic heterocycles. The first-order valence-corrected chi connectivity index (χ1v) is 7.91. The summed E-state index contributed by atoms with van der Waals surface area (Å²) in [6.45, 7) is -0.142. The number of amides is 1. The molecule has 0 radical (unpaired) electrons. The third-order valence-corrected chi connectivity index (χ3v) is 5.17. The topological polar surface area (TPSA) is 110 Å². The molecule has 0 aromatic rings. The van der Waals surface area contributed by atoms with Crippen molar-refractivity contribution in [1.82, 2.24) is 5.32 Å². The summed E-state index contributed by atoms with van der Waals surface area (Å²) in [5.74, 6) is -1.60. The number of nitrogens with one attached hydrogen (secondary N) is 1. The Bertz CT molecular complexity index is 527. The minimum Gasteiger partial charge on any atom is -0.462 e. The standard InChI is InChI=1S/C11H15NO6S/c13-10(12-1-2-19(15,16)17)8-5-3-6-7(4-5)18-11(14)9(6)8/h5-9H,1-4H2,(H,12,13)(H,15,16,17). The van der Waals surface area contributed by atoms with Gasteiger partial charge in [-0.25, -0.2) is 0 Å². The van der Waals surface area contributed by atoms with Crippen molar-refractivity contribution in [3.05, 3.63) is 0 Å². The maximum atomic E-state index is 12.1. The number of rotatable bonds is 4.